The lowest BCUT2D eigenvalue weighted by atomic mass is 9.99. The van der Waals surface area contributed by atoms with E-state index in [0.717, 1.165) is 0 Å². The summed E-state index contributed by atoms with van der Waals surface area (Å²) < 4.78 is 5.38. The number of ether oxygens (including phenoxy) is 1. The van der Waals surface area contributed by atoms with E-state index in [0.29, 0.717) is 0 Å². The quantitative estimate of drug-likeness (QED) is 0.496. The molecule has 86 valence electrons. The van der Waals surface area contributed by atoms with Crippen LogP contribution >= 0.6 is 0 Å². The van der Waals surface area contributed by atoms with E-state index in [2.05, 4.69) is 20.8 Å². The van der Waals surface area contributed by atoms with Gasteiger partial charge in [0.25, 0.3) is 0 Å². The second kappa shape index (κ2) is 8.28. The van der Waals surface area contributed by atoms with Crippen LogP contribution in [0.3, 0.4) is 0 Å². The van der Waals surface area contributed by atoms with Crippen molar-refractivity contribution < 1.29 is 4.74 Å². The molecule has 0 saturated carbocycles. The van der Waals surface area contributed by atoms with Crippen molar-refractivity contribution in [1.29, 1.82) is 0 Å². The molecule has 0 aliphatic heterocycles. The van der Waals surface area contributed by atoms with Gasteiger partial charge in [-0.25, -0.2) is 0 Å². The number of methoxy groups -OCH3 is 1. The van der Waals surface area contributed by atoms with Crippen molar-refractivity contribution in [3.63, 3.8) is 0 Å². The summed E-state index contributed by atoms with van der Waals surface area (Å²) in [4.78, 5) is 0. The lowest BCUT2D eigenvalue weighted by Gasteiger charge is -2.22. The summed E-state index contributed by atoms with van der Waals surface area (Å²) >= 11 is 0. The Labute approximate surface area is 90.2 Å². The smallest absolute Gasteiger partial charge is 0.0622 e. The summed E-state index contributed by atoms with van der Waals surface area (Å²) in [6.45, 7) is 6.61. The molecule has 0 unspecified atom stereocenters. The minimum atomic E-state index is 0.0867. The number of unbranched alkanes of at least 4 members (excludes halogenated alkanes) is 6. The van der Waals surface area contributed by atoms with Crippen LogP contribution in [0.1, 0.15) is 72.1 Å². The molecule has 0 fully saturated rings. The minimum Gasteiger partial charge on any atom is -0.379 e. The summed E-state index contributed by atoms with van der Waals surface area (Å²) in [5, 5.41) is 0. The summed E-state index contributed by atoms with van der Waals surface area (Å²) in [5.74, 6) is 0. The van der Waals surface area contributed by atoms with Gasteiger partial charge in [0.1, 0.15) is 0 Å². The molecule has 1 heteroatoms. The van der Waals surface area contributed by atoms with Crippen LogP contribution in [0, 0.1) is 0 Å². The van der Waals surface area contributed by atoms with Gasteiger partial charge in [-0.1, -0.05) is 51.9 Å². The van der Waals surface area contributed by atoms with Crippen molar-refractivity contribution in [2.45, 2.75) is 77.7 Å². The van der Waals surface area contributed by atoms with Crippen molar-refractivity contribution in [1.82, 2.24) is 0 Å². The molecule has 0 rings (SSSR count). The average molecular weight is 200 g/mol. The monoisotopic (exact) mass is 200 g/mol. The standard InChI is InChI=1S/C13H28O/c1-5-6-7-8-9-10-11-12-13(2,3)14-4/h5-12H2,1-4H3. The summed E-state index contributed by atoms with van der Waals surface area (Å²) in [5.41, 5.74) is 0.0867. The van der Waals surface area contributed by atoms with Crippen molar-refractivity contribution in [3.05, 3.63) is 0 Å². The molecule has 0 spiro atoms. The van der Waals surface area contributed by atoms with Crippen LogP contribution in [0.25, 0.3) is 0 Å². The van der Waals surface area contributed by atoms with E-state index in [-0.39, 0.29) is 5.60 Å². The Hall–Kier alpha value is -0.0400. The fourth-order valence-electron chi connectivity index (χ4n) is 1.61. The van der Waals surface area contributed by atoms with E-state index in [1.54, 1.807) is 7.11 Å². The molecule has 1 nitrogen and oxygen atoms in total. The lowest BCUT2D eigenvalue weighted by Crippen LogP contribution is -2.21. The van der Waals surface area contributed by atoms with Crippen molar-refractivity contribution in [3.8, 4) is 0 Å². The predicted octanol–water partition coefficient (Wildman–Crippen LogP) is 4.55. The van der Waals surface area contributed by atoms with Crippen LogP contribution in [0.5, 0.6) is 0 Å². The molecular formula is C13H28O. The second-order valence-corrected chi connectivity index (χ2v) is 4.84. The Balaban J connectivity index is 3.13. The number of hydrogen-bond acceptors (Lipinski definition) is 1. The maximum absolute atomic E-state index is 5.38. The van der Waals surface area contributed by atoms with E-state index < -0.39 is 0 Å². The largest absolute Gasteiger partial charge is 0.379 e. The van der Waals surface area contributed by atoms with E-state index in [9.17, 15) is 0 Å². The van der Waals surface area contributed by atoms with E-state index in [1.165, 1.54) is 51.4 Å². The molecule has 0 saturated heterocycles. The Morgan fingerprint density at radius 1 is 0.857 bits per heavy atom. The minimum absolute atomic E-state index is 0.0867. The Morgan fingerprint density at radius 3 is 1.86 bits per heavy atom. The van der Waals surface area contributed by atoms with Crippen LogP contribution < -0.4 is 0 Å². The molecular weight excluding hydrogens is 172 g/mol. The molecule has 0 aliphatic rings. The first-order valence-corrected chi connectivity index (χ1v) is 6.17. The van der Waals surface area contributed by atoms with Crippen LogP contribution in [0.4, 0.5) is 0 Å². The molecule has 0 atom stereocenters. The molecule has 0 aromatic heterocycles. The molecule has 0 aromatic carbocycles. The lowest BCUT2D eigenvalue weighted by molar-refractivity contribution is 0.0134. The molecule has 0 aromatic rings. The first-order valence-electron chi connectivity index (χ1n) is 6.17. The Kier molecular flexibility index (Phi) is 8.26. The van der Waals surface area contributed by atoms with Gasteiger partial charge in [-0.15, -0.1) is 0 Å². The zero-order chi connectivity index (χ0) is 10.9. The van der Waals surface area contributed by atoms with Gasteiger partial charge in [-0.05, 0) is 20.3 Å². The van der Waals surface area contributed by atoms with Crippen molar-refractivity contribution >= 4 is 0 Å². The molecule has 0 amide bonds. The Morgan fingerprint density at radius 2 is 1.36 bits per heavy atom. The zero-order valence-corrected chi connectivity index (χ0v) is 10.6. The molecule has 14 heavy (non-hydrogen) atoms. The van der Waals surface area contributed by atoms with Gasteiger partial charge in [0.15, 0.2) is 0 Å². The summed E-state index contributed by atoms with van der Waals surface area (Å²) in [6.07, 6.45) is 10.9. The number of hydrogen-bond donors (Lipinski definition) is 0. The third kappa shape index (κ3) is 8.55. The van der Waals surface area contributed by atoms with E-state index in [4.69, 9.17) is 4.74 Å². The highest BCUT2D eigenvalue weighted by Crippen LogP contribution is 2.18. The highest BCUT2D eigenvalue weighted by molar-refractivity contribution is 4.67. The highest BCUT2D eigenvalue weighted by atomic mass is 16.5. The van der Waals surface area contributed by atoms with Crippen molar-refractivity contribution in [2.75, 3.05) is 7.11 Å². The Bertz CT molecular complexity index is 118. The molecule has 0 N–H and O–H groups in total. The fourth-order valence-corrected chi connectivity index (χ4v) is 1.61. The summed E-state index contributed by atoms with van der Waals surface area (Å²) in [7, 11) is 1.81. The molecule has 0 bridgehead atoms. The maximum Gasteiger partial charge on any atom is 0.0622 e. The van der Waals surface area contributed by atoms with Crippen LogP contribution in [0.15, 0.2) is 0 Å². The van der Waals surface area contributed by atoms with Gasteiger partial charge >= 0.3 is 0 Å². The number of rotatable bonds is 9. The molecule has 0 aliphatic carbocycles. The van der Waals surface area contributed by atoms with Gasteiger partial charge in [0.2, 0.25) is 0 Å². The first kappa shape index (κ1) is 14.0. The van der Waals surface area contributed by atoms with Crippen LogP contribution in [0.2, 0.25) is 0 Å². The molecule has 0 radical (unpaired) electrons. The third-order valence-electron chi connectivity index (χ3n) is 2.93. The SMILES string of the molecule is CCCCCCCCCC(C)(C)OC. The van der Waals surface area contributed by atoms with Gasteiger partial charge in [0, 0.05) is 7.11 Å². The maximum atomic E-state index is 5.38. The highest BCUT2D eigenvalue weighted by Gasteiger charge is 2.14. The van der Waals surface area contributed by atoms with E-state index in [1.807, 2.05) is 0 Å². The average Bonchev–Trinajstić information content (AvgIpc) is 2.16. The van der Waals surface area contributed by atoms with Crippen molar-refractivity contribution in [2.24, 2.45) is 0 Å². The van der Waals surface area contributed by atoms with Gasteiger partial charge < -0.3 is 4.74 Å². The normalized spacial score (nSPS) is 12.0. The van der Waals surface area contributed by atoms with Gasteiger partial charge in [-0.2, -0.15) is 0 Å². The zero-order valence-electron chi connectivity index (χ0n) is 10.6. The van der Waals surface area contributed by atoms with E-state index >= 15 is 0 Å². The summed E-state index contributed by atoms with van der Waals surface area (Å²) in [6, 6.07) is 0. The topological polar surface area (TPSA) is 9.23 Å². The molecule has 0 heterocycles. The van der Waals surface area contributed by atoms with Crippen LogP contribution in [-0.2, 0) is 4.74 Å². The van der Waals surface area contributed by atoms with Gasteiger partial charge in [0.05, 0.1) is 5.60 Å². The predicted molar refractivity (Wildman–Crippen MR) is 63.7 cm³/mol. The van der Waals surface area contributed by atoms with Crippen LogP contribution in [-0.4, -0.2) is 12.7 Å². The first-order chi connectivity index (χ1) is 6.62. The second-order valence-electron chi connectivity index (χ2n) is 4.84. The fraction of sp³-hybridized carbons (Fsp3) is 1.00. The third-order valence-corrected chi connectivity index (χ3v) is 2.93. The van der Waals surface area contributed by atoms with Gasteiger partial charge in [-0.3, -0.25) is 0 Å².